The van der Waals surface area contributed by atoms with Crippen molar-refractivity contribution in [3.8, 4) is 0 Å². The molecule has 1 heterocycles. The van der Waals surface area contributed by atoms with E-state index in [1.165, 1.54) is 12.8 Å². The highest BCUT2D eigenvalue weighted by Gasteiger charge is 2.25. The van der Waals surface area contributed by atoms with Crippen molar-refractivity contribution in [1.82, 2.24) is 9.97 Å². The Morgan fingerprint density at radius 2 is 1.71 bits per heavy atom. The van der Waals surface area contributed by atoms with E-state index in [2.05, 4.69) is 9.97 Å². The van der Waals surface area contributed by atoms with Crippen molar-refractivity contribution in [1.29, 1.82) is 0 Å². The van der Waals surface area contributed by atoms with Gasteiger partial charge in [0.05, 0.1) is 0 Å². The van der Waals surface area contributed by atoms with E-state index in [0.29, 0.717) is 5.92 Å². The molecule has 0 bridgehead atoms. The van der Waals surface area contributed by atoms with E-state index in [9.17, 15) is 0 Å². The highest BCUT2D eigenvalue weighted by Crippen LogP contribution is 2.37. The fraction of sp³-hybridized carbons (Fsp3) is 0.667. The van der Waals surface area contributed by atoms with E-state index in [-0.39, 0.29) is 0 Å². The summed E-state index contributed by atoms with van der Waals surface area (Å²) in [5, 5.41) is 0. The van der Waals surface area contributed by atoms with Crippen LogP contribution in [0.3, 0.4) is 0 Å². The van der Waals surface area contributed by atoms with Gasteiger partial charge in [-0.25, -0.2) is 9.97 Å². The van der Waals surface area contributed by atoms with Crippen LogP contribution in [0.15, 0.2) is 12.3 Å². The van der Waals surface area contributed by atoms with Crippen molar-refractivity contribution < 1.29 is 0 Å². The van der Waals surface area contributed by atoms with Gasteiger partial charge in [-0.3, -0.25) is 0 Å². The molecule has 0 amide bonds. The first kappa shape index (κ1) is 13.1. The Kier molecular flexibility index (Phi) is 6.99. The number of nitrogens with zero attached hydrogens (tertiary/aromatic N) is 2. The highest BCUT2D eigenvalue weighted by molar-refractivity contribution is 5.08. The maximum atomic E-state index is 4.32. The molecule has 0 radical (unpaired) electrons. The molecule has 1 aliphatic rings. The second-order valence-corrected chi connectivity index (χ2v) is 2.83. The molecule has 1 aromatic rings. The normalized spacial score (nSPS) is 13.2. The van der Waals surface area contributed by atoms with Crippen LogP contribution in [0.5, 0.6) is 0 Å². The van der Waals surface area contributed by atoms with Crippen molar-refractivity contribution >= 4 is 0 Å². The largest absolute Gasteiger partial charge is 0.241 e. The lowest BCUT2D eigenvalue weighted by molar-refractivity contribution is 0.906. The van der Waals surface area contributed by atoms with E-state index >= 15 is 0 Å². The van der Waals surface area contributed by atoms with Crippen molar-refractivity contribution in [3.05, 3.63) is 23.8 Å². The van der Waals surface area contributed by atoms with Crippen LogP contribution in [-0.2, 0) is 0 Å². The number of aromatic nitrogens is 2. The lowest BCUT2D eigenvalue weighted by atomic mass is 10.3. The maximum Gasteiger partial charge on any atom is 0.131 e. The van der Waals surface area contributed by atoms with E-state index in [1.807, 2.05) is 46.9 Å². The minimum absolute atomic E-state index is 0.680. The van der Waals surface area contributed by atoms with Crippen LogP contribution in [0, 0.1) is 6.92 Å². The summed E-state index contributed by atoms with van der Waals surface area (Å²) in [5.74, 6) is 1.72. The molecule has 0 aliphatic heterocycles. The SMILES string of the molecule is CC.CC.Cc1ccnc(C2CC2)n1. The third-order valence-electron chi connectivity index (χ3n) is 1.76. The Hall–Kier alpha value is -0.920. The van der Waals surface area contributed by atoms with Crippen LogP contribution in [0.25, 0.3) is 0 Å². The summed E-state index contributed by atoms with van der Waals surface area (Å²) >= 11 is 0. The second-order valence-electron chi connectivity index (χ2n) is 2.83. The van der Waals surface area contributed by atoms with Crippen LogP contribution in [0.2, 0.25) is 0 Å². The van der Waals surface area contributed by atoms with Gasteiger partial charge < -0.3 is 0 Å². The fourth-order valence-electron chi connectivity index (χ4n) is 1.01. The van der Waals surface area contributed by atoms with Gasteiger partial charge in [0.25, 0.3) is 0 Å². The third-order valence-corrected chi connectivity index (χ3v) is 1.76. The molecular weight excluding hydrogens is 172 g/mol. The Morgan fingerprint density at radius 3 is 2.14 bits per heavy atom. The molecule has 0 saturated heterocycles. The lowest BCUT2D eigenvalue weighted by Crippen LogP contribution is -1.92. The molecule has 1 aliphatic carbocycles. The number of rotatable bonds is 1. The van der Waals surface area contributed by atoms with Crippen LogP contribution in [-0.4, -0.2) is 9.97 Å². The summed E-state index contributed by atoms with van der Waals surface area (Å²) < 4.78 is 0. The predicted molar refractivity (Wildman–Crippen MR) is 61.4 cm³/mol. The maximum absolute atomic E-state index is 4.32. The first-order valence-corrected chi connectivity index (χ1v) is 5.66. The highest BCUT2D eigenvalue weighted by atomic mass is 14.9. The van der Waals surface area contributed by atoms with Gasteiger partial charge in [0, 0.05) is 17.8 Å². The average molecular weight is 194 g/mol. The van der Waals surface area contributed by atoms with Crippen LogP contribution in [0.4, 0.5) is 0 Å². The molecule has 0 atom stereocenters. The Balaban J connectivity index is 0.000000379. The molecule has 0 aromatic carbocycles. The summed E-state index contributed by atoms with van der Waals surface area (Å²) in [6, 6.07) is 1.94. The van der Waals surface area contributed by atoms with E-state index in [0.717, 1.165) is 11.5 Å². The van der Waals surface area contributed by atoms with Gasteiger partial charge in [0.2, 0.25) is 0 Å². The minimum Gasteiger partial charge on any atom is -0.241 e. The Bertz CT molecular complexity index is 242. The Labute approximate surface area is 87.8 Å². The average Bonchev–Trinajstić information content (AvgIpc) is 3.07. The number of hydrogen-bond donors (Lipinski definition) is 0. The van der Waals surface area contributed by atoms with Crippen molar-refractivity contribution in [3.63, 3.8) is 0 Å². The zero-order valence-corrected chi connectivity index (χ0v) is 10.0. The molecule has 2 nitrogen and oxygen atoms in total. The first-order chi connectivity index (χ1) is 6.86. The van der Waals surface area contributed by atoms with E-state index < -0.39 is 0 Å². The van der Waals surface area contributed by atoms with E-state index in [4.69, 9.17) is 0 Å². The van der Waals surface area contributed by atoms with Gasteiger partial charge in [-0.05, 0) is 25.8 Å². The summed E-state index contributed by atoms with van der Waals surface area (Å²) in [6.45, 7) is 10.0. The third kappa shape index (κ3) is 4.35. The first-order valence-electron chi connectivity index (χ1n) is 5.66. The molecule has 0 unspecified atom stereocenters. The van der Waals surface area contributed by atoms with Crippen LogP contribution in [0.1, 0.15) is 58.0 Å². The summed E-state index contributed by atoms with van der Waals surface area (Å²) in [6.07, 6.45) is 4.41. The van der Waals surface area contributed by atoms with Crippen molar-refractivity contribution in [2.45, 2.75) is 53.4 Å². The van der Waals surface area contributed by atoms with Gasteiger partial charge in [0.1, 0.15) is 5.82 Å². The monoisotopic (exact) mass is 194 g/mol. The molecule has 1 fully saturated rings. The van der Waals surface area contributed by atoms with E-state index in [1.54, 1.807) is 0 Å². The number of aryl methyl sites for hydroxylation is 1. The topological polar surface area (TPSA) is 25.8 Å². The standard InChI is InChI=1S/C8H10N2.2C2H6/c1-6-4-5-9-8(10-6)7-2-3-7;2*1-2/h4-5,7H,2-3H2,1H3;2*1-2H3. The molecular formula is C12H22N2. The van der Waals surface area contributed by atoms with Gasteiger partial charge in [-0.15, -0.1) is 0 Å². The van der Waals surface area contributed by atoms with Crippen molar-refractivity contribution in [2.24, 2.45) is 0 Å². The molecule has 14 heavy (non-hydrogen) atoms. The van der Waals surface area contributed by atoms with Gasteiger partial charge in [-0.1, -0.05) is 27.7 Å². The van der Waals surface area contributed by atoms with Crippen molar-refractivity contribution in [2.75, 3.05) is 0 Å². The molecule has 2 heteroatoms. The summed E-state index contributed by atoms with van der Waals surface area (Å²) in [4.78, 5) is 8.51. The lowest BCUT2D eigenvalue weighted by Gasteiger charge is -1.95. The fourth-order valence-corrected chi connectivity index (χ4v) is 1.01. The molecule has 2 rings (SSSR count). The molecule has 0 spiro atoms. The Morgan fingerprint density at radius 1 is 1.14 bits per heavy atom. The summed E-state index contributed by atoms with van der Waals surface area (Å²) in [7, 11) is 0. The molecule has 1 saturated carbocycles. The van der Waals surface area contributed by atoms with Crippen LogP contribution < -0.4 is 0 Å². The zero-order chi connectivity index (χ0) is 11.0. The summed E-state index contributed by atoms with van der Waals surface area (Å²) in [5.41, 5.74) is 1.08. The van der Waals surface area contributed by atoms with Gasteiger partial charge in [-0.2, -0.15) is 0 Å². The minimum atomic E-state index is 0.680. The quantitative estimate of drug-likeness (QED) is 0.681. The van der Waals surface area contributed by atoms with Gasteiger partial charge >= 0.3 is 0 Å². The van der Waals surface area contributed by atoms with Crippen LogP contribution >= 0.6 is 0 Å². The predicted octanol–water partition coefficient (Wildman–Crippen LogP) is 3.71. The number of hydrogen-bond acceptors (Lipinski definition) is 2. The van der Waals surface area contributed by atoms with Gasteiger partial charge in [0.15, 0.2) is 0 Å². The zero-order valence-electron chi connectivity index (χ0n) is 10.0. The molecule has 1 aromatic heterocycles. The molecule has 0 N–H and O–H groups in total. The smallest absolute Gasteiger partial charge is 0.131 e. The molecule has 80 valence electrons. The second kappa shape index (κ2) is 7.48.